The molecule has 7 nitrogen and oxygen atoms in total. The number of aryl methyl sites for hydroxylation is 3. The zero-order valence-electron chi connectivity index (χ0n) is 18.9. The van der Waals surface area contributed by atoms with E-state index in [-0.39, 0.29) is 15.5 Å². The van der Waals surface area contributed by atoms with E-state index in [1.54, 1.807) is 6.07 Å². The maximum atomic E-state index is 13.3. The summed E-state index contributed by atoms with van der Waals surface area (Å²) < 4.78 is 14.4. The summed E-state index contributed by atoms with van der Waals surface area (Å²) >= 11 is 0.958. The molecule has 2 aromatic carbocycles. The predicted molar refractivity (Wildman–Crippen MR) is 132 cm³/mol. The third kappa shape index (κ3) is 4.74. The largest absolute Gasteiger partial charge is 0.321 e. The van der Waals surface area contributed by atoms with E-state index in [4.69, 9.17) is 0 Å². The van der Waals surface area contributed by atoms with Crippen LogP contribution in [0.5, 0.6) is 0 Å². The highest BCUT2D eigenvalue weighted by Gasteiger charge is 2.26. The molecule has 0 fully saturated rings. The van der Waals surface area contributed by atoms with Crippen molar-refractivity contribution in [2.24, 2.45) is 0 Å². The number of thiazole rings is 1. The summed E-state index contributed by atoms with van der Waals surface area (Å²) in [6, 6.07) is 12.1. The van der Waals surface area contributed by atoms with E-state index in [2.05, 4.69) is 15.6 Å². The predicted octanol–water partition coefficient (Wildman–Crippen LogP) is 4.97. The maximum absolute atomic E-state index is 13.3. The average Bonchev–Trinajstić information content (AvgIpc) is 3.18. The second-order valence-electron chi connectivity index (χ2n) is 7.95. The van der Waals surface area contributed by atoms with Gasteiger partial charge in [-0.25, -0.2) is 13.8 Å². The van der Waals surface area contributed by atoms with Crippen LogP contribution in [0.15, 0.2) is 53.3 Å². The standard InChI is InChI=1S/C25H23FN4O3S/c1-4-5-18-13-20(31)30-21(23(32)28-19-9-6-14(2)15(3)12-19)22(34-25(30)29-18)24(33)27-17-10-7-16(26)8-11-17/h6-13H,4-5H2,1-3H3,(H,27,33)(H,28,32). The fourth-order valence-corrected chi connectivity index (χ4v) is 4.54. The monoisotopic (exact) mass is 478 g/mol. The highest BCUT2D eigenvalue weighted by Crippen LogP contribution is 2.25. The molecule has 0 aliphatic rings. The number of anilines is 2. The van der Waals surface area contributed by atoms with Crippen molar-refractivity contribution in [3.63, 3.8) is 0 Å². The van der Waals surface area contributed by atoms with E-state index in [0.29, 0.717) is 23.5 Å². The molecule has 0 unspecified atom stereocenters. The summed E-state index contributed by atoms with van der Waals surface area (Å²) in [4.78, 5) is 44.2. The smallest absolute Gasteiger partial charge is 0.274 e. The number of hydrogen-bond donors (Lipinski definition) is 2. The average molecular weight is 479 g/mol. The van der Waals surface area contributed by atoms with Crippen LogP contribution < -0.4 is 16.2 Å². The normalized spacial score (nSPS) is 10.9. The van der Waals surface area contributed by atoms with E-state index >= 15 is 0 Å². The fraction of sp³-hybridized carbons (Fsp3) is 0.200. The van der Waals surface area contributed by atoms with E-state index in [0.717, 1.165) is 28.9 Å². The highest BCUT2D eigenvalue weighted by molar-refractivity contribution is 7.19. The van der Waals surface area contributed by atoms with E-state index in [1.165, 1.54) is 34.7 Å². The van der Waals surface area contributed by atoms with Gasteiger partial charge < -0.3 is 10.6 Å². The Bertz CT molecular complexity index is 1460. The van der Waals surface area contributed by atoms with Crippen molar-refractivity contribution in [3.05, 3.63) is 92.1 Å². The Labute approximate surface area is 199 Å². The SMILES string of the molecule is CCCc1cc(=O)n2c(C(=O)Nc3ccc(C)c(C)c3)c(C(=O)Nc3ccc(F)cc3)sc2n1. The molecule has 0 atom stereocenters. The van der Waals surface area contributed by atoms with Gasteiger partial charge in [0.25, 0.3) is 17.4 Å². The van der Waals surface area contributed by atoms with E-state index in [1.807, 2.05) is 32.9 Å². The Morgan fingerprint density at radius 3 is 2.32 bits per heavy atom. The van der Waals surface area contributed by atoms with Crippen LogP contribution in [0.25, 0.3) is 4.96 Å². The first-order valence-corrected chi connectivity index (χ1v) is 11.6. The molecule has 174 valence electrons. The Morgan fingerprint density at radius 1 is 0.971 bits per heavy atom. The van der Waals surface area contributed by atoms with Gasteiger partial charge in [0.05, 0.1) is 0 Å². The van der Waals surface area contributed by atoms with Gasteiger partial charge in [0.15, 0.2) is 4.96 Å². The van der Waals surface area contributed by atoms with Crippen LogP contribution in [0.3, 0.4) is 0 Å². The van der Waals surface area contributed by atoms with Gasteiger partial charge in [-0.1, -0.05) is 30.7 Å². The van der Waals surface area contributed by atoms with Crippen LogP contribution in [-0.4, -0.2) is 21.2 Å². The van der Waals surface area contributed by atoms with Gasteiger partial charge in [-0.3, -0.25) is 14.4 Å². The molecule has 0 saturated carbocycles. The number of carbonyl (C=O) groups is 2. The van der Waals surface area contributed by atoms with Crippen molar-refractivity contribution in [2.75, 3.05) is 10.6 Å². The van der Waals surface area contributed by atoms with Gasteiger partial charge >= 0.3 is 0 Å². The third-order valence-corrected chi connectivity index (χ3v) is 6.41. The van der Waals surface area contributed by atoms with Crippen molar-refractivity contribution < 1.29 is 14.0 Å². The Morgan fingerprint density at radius 2 is 1.65 bits per heavy atom. The molecular weight excluding hydrogens is 455 g/mol. The van der Waals surface area contributed by atoms with Gasteiger partial charge in [0.1, 0.15) is 16.4 Å². The second-order valence-corrected chi connectivity index (χ2v) is 8.93. The number of aromatic nitrogens is 2. The number of carbonyl (C=O) groups excluding carboxylic acids is 2. The molecule has 0 radical (unpaired) electrons. The number of halogens is 1. The number of nitrogens with zero attached hydrogens (tertiary/aromatic N) is 2. The Hall–Kier alpha value is -3.85. The summed E-state index contributed by atoms with van der Waals surface area (Å²) in [5, 5.41) is 5.45. The molecule has 2 aromatic heterocycles. The number of rotatable bonds is 6. The molecule has 4 aromatic rings. The lowest BCUT2D eigenvalue weighted by molar-refractivity contribution is 0.0989. The number of amides is 2. The molecule has 0 bridgehead atoms. The molecule has 0 saturated heterocycles. The van der Waals surface area contributed by atoms with Crippen LogP contribution in [0.4, 0.5) is 15.8 Å². The van der Waals surface area contributed by atoms with Crippen molar-refractivity contribution in [2.45, 2.75) is 33.6 Å². The van der Waals surface area contributed by atoms with Crippen LogP contribution in [0.2, 0.25) is 0 Å². The van der Waals surface area contributed by atoms with Gasteiger partial charge in [-0.15, -0.1) is 0 Å². The number of nitrogens with one attached hydrogen (secondary N) is 2. The molecule has 0 spiro atoms. The number of benzene rings is 2. The van der Waals surface area contributed by atoms with Crippen LogP contribution in [0, 0.1) is 19.7 Å². The first-order valence-electron chi connectivity index (χ1n) is 10.8. The minimum atomic E-state index is -0.606. The quantitative estimate of drug-likeness (QED) is 0.409. The molecule has 34 heavy (non-hydrogen) atoms. The van der Waals surface area contributed by atoms with Crippen molar-refractivity contribution in [1.29, 1.82) is 0 Å². The van der Waals surface area contributed by atoms with Gasteiger partial charge in [-0.05, 0) is 67.8 Å². The summed E-state index contributed by atoms with van der Waals surface area (Å²) in [6.45, 7) is 5.86. The summed E-state index contributed by atoms with van der Waals surface area (Å²) in [7, 11) is 0. The van der Waals surface area contributed by atoms with Crippen molar-refractivity contribution >= 4 is 39.5 Å². The number of hydrogen-bond acceptors (Lipinski definition) is 5. The summed E-state index contributed by atoms with van der Waals surface area (Å²) in [5.74, 6) is -1.64. The molecule has 0 aliphatic carbocycles. The van der Waals surface area contributed by atoms with Crippen LogP contribution in [-0.2, 0) is 6.42 Å². The molecule has 9 heteroatoms. The molecule has 2 amide bonds. The molecule has 4 rings (SSSR count). The van der Waals surface area contributed by atoms with Crippen LogP contribution in [0.1, 0.15) is 50.3 Å². The van der Waals surface area contributed by atoms with E-state index in [9.17, 15) is 18.8 Å². The minimum absolute atomic E-state index is 0.0314. The van der Waals surface area contributed by atoms with E-state index < -0.39 is 23.2 Å². The zero-order chi connectivity index (χ0) is 24.4. The first-order chi connectivity index (χ1) is 16.3. The molecule has 0 aliphatic heterocycles. The lowest BCUT2D eigenvalue weighted by Crippen LogP contribution is -2.25. The topological polar surface area (TPSA) is 92.6 Å². The van der Waals surface area contributed by atoms with Gasteiger partial charge in [0.2, 0.25) is 0 Å². The lowest BCUT2D eigenvalue weighted by atomic mass is 10.1. The van der Waals surface area contributed by atoms with Gasteiger partial charge in [0, 0.05) is 23.1 Å². The molecule has 2 heterocycles. The summed E-state index contributed by atoms with van der Waals surface area (Å²) in [5.41, 5.74) is 3.03. The zero-order valence-corrected chi connectivity index (χ0v) is 19.8. The first kappa shape index (κ1) is 23.3. The Balaban J connectivity index is 1.80. The second kappa shape index (κ2) is 9.56. The van der Waals surface area contributed by atoms with Crippen molar-refractivity contribution in [1.82, 2.24) is 9.38 Å². The van der Waals surface area contributed by atoms with Crippen molar-refractivity contribution in [3.8, 4) is 0 Å². The third-order valence-electron chi connectivity index (χ3n) is 5.37. The number of fused-ring (bicyclic) bond motifs is 1. The van der Waals surface area contributed by atoms with Crippen LogP contribution >= 0.6 is 11.3 Å². The maximum Gasteiger partial charge on any atom is 0.274 e. The lowest BCUT2D eigenvalue weighted by Gasteiger charge is -2.10. The molecule has 2 N–H and O–H groups in total. The Kier molecular flexibility index (Phi) is 6.56. The summed E-state index contributed by atoms with van der Waals surface area (Å²) in [6.07, 6.45) is 1.40. The van der Waals surface area contributed by atoms with Gasteiger partial charge in [-0.2, -0.15) is 0 Å². The molecular formula is C25H23FN4O3S. The highest BCUT2D eigenvalue weighted by atomic mass is 32.1. The minimum Gasteiger partial charge on any atom is -0.321 e. The fourth-order valence-electron chi connectivity index (χ4n) is 3.50.